The highest BCUT2D eigenvalue weighted by molar-refractivity contribution is 7.89. The van der Waals surface area contributed by atoms with Gasteiger partial charge in [-0.15, -0.1) is 0 Å². The zero-order valence-corrected chi connectivity index (χ0v) is 14.0. The number of anilines is 1. The summed E-state index contributed by atoms with van der Waals surface area (Å²) < 4.78 is 26.3. The summed E-state index contributed by atoms with van der Waals surface area (Å²) >= 11 is 0. The zero-order valence-electron chi connectivity index (χ0n) is 13.2. The minimum absolute atomic E-state index is 0.320. The van der Waals surface area contributed by atoms with E-state index in [0.717, 1.165) is 11.5 Å². The Labute approximate surface area is 140 Å². The van der Waals surface area contributed by atoms with Gasteiger partial charge < -0.3 is 10.2 Å². The Morgan fingerprint density at radius 1 is 1.21 bits per heavy atom. The quantitative estimate of drug-likeness (QED) is 0.675. The molecule has 2 aliphatic rings. The number of nitrogens with zero attached hydrogens (tertiary/aromatic N) is 3. The molecule has 2 N–H and O–H groups in total. The van der Waals surface area contributed by atoms with Crippen molar-refractivity contribution in [3.05, 3.63) is 23.9 Å². The van der Waals surface area contributed by atoms with Gasteiger partial charge in [0.2, 0.25) is 10.0 Å². The number of amides is 3. The summed E-state index contributed by atoms with van der Waals surface area (Å²) in [4.78, 5) is 29.1. The highest BCUT2D eigenvalue weighted by Crippen LogP contribution is 2.16. The molecule has 10 heteroatoms. The number of aryl methyl sites for hydroxylation is 1. The van der Waals surface area contributed by atoms with Crippen molar-refractivity contribution in [3.8, 4) is 0 Å². The number of aromatic nitrogens is 1. The van der Waals surface area contributed by atoms with E-state index in [0.29, 0.717) is 26.2 Å². The molecule has 9 nitrogen and oxygen atoms in total. The molecule has 130 valence electrons. The van der Waals surface area contributed by atoms with Crippen LogP contribution in [-0.4, -0.2) is 67.6 Å². The van der Waals surface area contributed by atoms with Gasteiger partial charge >= 0.3 is 6.03 Å². The maximum atomic E-state index is 12.5. The Morgan fingerprint density at radius 2 is 1.92 bits per heavy atom. The van der Waals surface area contributed by atoms with Crippen LogP contribution in [0, 0.1) is 6.92 Å². The van der Waals surface area contributed by atoms with Crippen LogP contribution < -0.4 is 15.5 Å². The molecule has 0 aromatic carbocycles. The van der Waals surface area contributed by atoms with Gasteiger partial charge in [0.1, 0.15) is 11.9 Å². The van der Waals surface area contributed by atoms with Gasteiger partial charge in [0, 0.05) is 31.9 Å². The first kappa shape index (κ1) is 16.7. The van der Waals surface area contributed by atoms with Gasteiger partial charge in [-0.1, -0.05) is 6.07 Å². The number of imide groups is 1. The standard InChI is InChI=1S/C14H19N5O4S/c1-10-3-2-4-12(15-10)18-5-7-19(8-6-18)24(22,23)9-11-13(20)17-14(21)16-11/h2-4,11H,5-9H2,1H3,(H2,16,17,20,21)/t11-/m1/s1. The van der Waals surface area contributed by atoms with Crippen LogP contribution in [-0.2, 0) is 14.8 Å². The molecule has 0 saturated carbocycles. The second-order valence-corrected chi connectivity index (χ2v) is 7.83. The average molecular weight is 353 g/mol. The molecule has 0 radical (unpaired) electrons. The van der Waals surface area contributed by atoms with Crippen LogP contribution in [0.1, 0.15) is 5.69 Å². The lowest BCUT2D eigenvalue weighted by molar-refractivity contribution is -0.119. The fourth-order valence-electron chi connectivity index (χ4n) is 2.79. The number of carbonyl (C=O) groups is 2. The minimum Gasteiger partial charge on any atom is -0.354 e. The molecule has 24 heavy (non-hydrogen) atoms. The topological polar surface area (TPSA) is 112 Å². The predicted molar refractivity (Wildman–Crippen MR) is 87.0 cm³/mol. The van der Waals surface area contributed by atoms with E-state index in [-0.39, 0.29) is 0 Å². The SMILES string of the molecule is Cc1cccc(N2CCN(S(=O)(=O)C[C@H]3NC(=O)NC3=O)CC2)n1. The highest BCUT2D eigenvalue weighted by atomic mass is 32.2. The number of urea groups is 1. The van der Waals surface area contributed by atoms with Crippen LogP contribution in [0.2, 0.25) is 0 Å². The van der Waals surface area contributed by atoms with E-state index in [1.54, 1.807) is 0 Å². The molecular formula is C14H19N5O4S. The molecule has 1 atom stereocenters. The smallest absolute Gasteiger partial charge is 0.322 e. The fourth-order valence-corrected chi connectivity index (χ4v) is 4.38. The summed E-state index contributed by atoms with van der Waals surface area (Å²) in [6.07, 6.45) is 0. The van der Waals surface area contributed by atoms with Gasteiger partial charge in [0.25, 0.3) is 5.91 Å². The van der Waals surface area contributed by atoms with Gasteiger partial charge in [0.05, 0.1) is 5.75 Å². The van der Waals surface area contributed by atoms with E-state index >= 15 is 0 Å². The lowest BCUT2D eigenvalue weighted by atomic mass is 10.3. The molecule has 3 amide bonds. The van der Waals surface area contributed by atoms with E-state index in [1.807, 2.05) is 35.3 Å². The van der Waals surface area contributed by atoms with Crippen molar-refractivity contribution in [2.24, 2.45) is 0 Å². The molecule has 0 unspecified atom stereocenters. The van der Waals surface area contributed by atoms with Gasteiger partial charge in [-0.05, 0) is 19.1 Å². The van der Waals surface area contributed by atoms with Gasteiger partial charge in [0.15, 0.2) is 0 Å². The number of carbonyl (C=O) groups excluding carboxylic acids is 2. The minimum atomic E-state index is -3.63. The van der Waals surface area contributed by atoms with Crippen molar-refractivity contribution in [1.82, 2.24) is 19.9 Å². The fraction of sp³-hybridized carbons (Fsp3) is 0.500. The normalized spacial score (nSPS) is 22.4. The summed E-state index contributed by atoms with van der Waals surface area (Å²) in [6, 6.07) is 4.04. The monoisotopic (exact) mass is 353 g/mol. The number of hydrogen-bond donors (Lipinski definition) is 2. The van der Waals surface area contributed by atoms with Crippen molar-refractivity contribution in [1.29, 1.82) is 0 Å². The van der Waals surface area contributed by atoms with Gasteiger partial charge in [-0.25, -0.2) is 18.2 Å². The maximum absolute atomic E-state index is 12.5. The third kappa shape index (κ3) is 3.49. The Hall–Kier alpha value is -2.20. The van der Waals surface area contributed by atoms with Crippen LogP contribution in [0.4, 0.5) is 10.6 Å². The second kappa shape index (κ2) is 6.36. The number of piperazine rings is 1. The van der Waals surface area contributed by atoms with E-state index in [9.17, 15) is 18.0 Å². The molecule has 0 spiro atoms. The second-order valence-electron chi connectivity index (χ2n) is 5.82. The third-order valence-corrected chi connectivity index (χ3v) is 5.97. The predicted octanol–water partition coefficient (Wildman–Crippen LogP) is -0.950. The molecule has 0 aliphatic carbocycles. The van der Waals surface area contributed by atoms with Crippen LogP contribution in [0.3, 0.4) is 0 Å². The number of pyridine rings is 1. The number of hydrogen-bond acceptors (Lipinski definition) is 6. The van der Waals surface area contributed by atoms with E-state index < -0.39 is 33.8 Å². The van der Waals surface area contributed by atoms with E-state index in [1.165, 1.54) is 4.31 Å². The number of nitrogens with one attached hydrogen (secondary N) is 2. The molecule has 0 bridgehead atoms. The third-order valence-electron chi connectivity index (χ3n) is 4.07. The summed E-state index contributed by atoms with van der Waals surface area (Å²) in [5.41, 5.74) is 0.908. The van der Waals surface area contributed by atoms with E-state index in [2.05, 4.69) is 10.3 Å². The average Bonchev–Trinajstić information content (AvgIpc) is 2.84. The molecule has 2 aliphatic heterocycles. The number of sulfonamides is 1. The van der Waals surface area contributed by atoms with E-state index in [4.69, 9.17) is 0 Å². The van der Waals surface area contributed by atoms with Crippen molar-refractivity contribution in [3.63, 3.8) is 0 Å². The summed E-state index contributed by atoms with van der Waals surface area (Å²) in [6.45, 7) is 3.60. The Kier molecular flexibility index (Phi) is 4.41. The molecule has 3 heterocycles. The zero-order chi connectivity index (χ0) is 17.3. The molecule has 2 fully saturated rings. The lowest BCUT2D eigenvalue weighted by Crippen LogP contribution is -2.51. The number of rotatable bonds is 4. The molecule has 3 rings (SSSR count). The van der Waals surface area contributed by atoms with Gasteiger partial charge in [-0.3, -0.25) is 10.1 Å². The first-order chi connectivity index (χ1) is 11.3. The molecule has 2 saturated heterocycles. The van der Waals surface area contributed by atoms with Crippen molar-refractivity contribution in [2.75, 3.05) is 36.8 Å². The molecule has 1 aromatic rings. The van der Waals surface area contributed by atoms with Crippen LogP contribution in [0.5, 0.6) is 0 Å². The Morgan fingerprint density at radius 3 is 2.50 bits per heavy atom. The first-order valence-corrected chi connectivity index (χ1v) is 9.24. The van der Waals surface area contributed by atoms with Crippen molar-refractivity contribution < 1.29 is 18.0 Å². The molecular weight excluding hydrogens is 334 g/mol. The lowest BCUT2D eigenvalue weighted by Gasteiger charge is -2.35. The largest absolute Gasteiger partial charge is 0.354 e. The summed E-state index contributed by atoms with van der Waals surface area (Å²) in [5.74, 6) is -0.201. The maximum Gasteiger partial charge on any atom is 0.322 e. The Balaban J connectivity index is 1.61. The summed E-state index contributed by atoms with van der Waals surface area (Å²) in [7, 11) is -3.63. The van der Waals surface area contributed by atoms with Gasteiger partial charge in [-0.2, -0.15) is 4.31 Å². The van der Waals surface area contributed by atoms with Crippen molar-refractivity contribution in [2.45, 2.75) is 13.0 Å². The Bertz CT molecular complexity index is 758. The summed E-state index contributed by atoms with van der Waals surface area (Å²) in [5, 5.41) is 4.35. The van der Waals surface area contributed by atoms with Crippen LogP contribution >= 0.6 is 0 Å². The van der Waals surface area contributed by atoms with Crippen molar-refractivity contribution >= 4 is 27.8 Å². The highest BCUT2D eigenvalue weighted by Gasteiger charge is 2.37. The molecule has 1 aromatic heterocycles. The van der Waals surface area contributed by atoms with Crippen LogP contribution in [0.25, 0.3) is 0 Å². The van der Waals surface area contributed by atoms with Crippen LogP contribution in [0.15, 0.2) is 18.2 Å². The first-order valence-electron chi connectivity index (χ1n) is 7.63.